The molecule has 4 aliphatic heterocycles. The SMILES string of the molecule is NC1=Nc2cc(F)ccc2N(CC(F)F)c2ccc(Cl)cc21.O=C1CCC(N2C(=O)c3cccc(NCCOCCOCCNC(=O)N4CCCC4)c3C2=O)C(=O)N1. The lowest BCUT2D eigenvalue weighted by molar-refractivity contribution is -0.136. The van der Waals surface area contributed by atoms with Crippen molar-refractivity contribution in [3.8, 4) is 0 Å². The highest BCUT2D eigenvalue weighted by atomic mass is 35.5. The molecule has 58 heavy (non-hydrogen) atoms. The molecule has 0 radical (unpaired) electrons. The molecule has 1 unspecified atom stereocenters. The van der Waals surface area contributed by atoms with Crippen LogP contribution in [-0.4, -0.2) is 117 Å². The molecule has 1 atom stereocenters. The number of nitrogens with zero attached hydrogens (tertiary/aromatic N) is 4. The molecular weight excluding hydrogens is 785 g/mol. The number of likely N-dealkylation sites (tertiary alicyclic amines) is 1. The third-order valence-corrected chi connectivity index (χ3v) is 9.87. The fraction of sp³-hybridized carbons (Fsp3) is 0.385. The summed E-state index contributed by atoms with van der Waals surface area (Å²) in [5.41, 5.74) is 8.30. The molecule has 4 heterocycles. The molecule has 0 saturated carbocycles. The summed E-state index contributed by atoms with van der Waals surface area (Å²) >= 11 is 5.95. The number of aliphatic imine (C=N–C) groups is 1. The molecule has 3 aromatic carbocycles. The van der Waals surface area contributed by atoms with Crippen molar-refractivity contribution in [1.29, 1.82) is 0 Å². The minimum Gasteiger partial charge on any atom is -0.383 e. The smallest absolute Gasteiger partial charge is 0.317 e. The number of amides is 6. The maximum Gasteiger partial charge on any atom is 0.317 e. The third-order valence-electron chi connectivity index (χ3n) is 9.63. The molecule has 6 amide bonds. The first-order valence-corrected chi connectivity index (χ1v) is 19.1. The van der Waals surface area contributed by atoms with Gasteiger partial charge in [-0.2, -0.15) is 0 Å². The first-order chi connectivity index (χ1) is 27.9. The van der Waals surface area contributed by atoms with Crippen LogP contribution in [0, 0.1) is 5.82 Å². The molecule has 15 nitrogen and oxygen atoms in total. The number of carbonyl (C=O) groups is 5. The Labute approximate surface area is 336 Å². The Morgan fingerprint density at radius 2 is 1.66 bits per heavy atom. The zero-order valence-corrected chi connectivity index (χ0v) is 32.0. The molecule has 7 rings (SSSR count). The first-order valence-electron chi connectivity index (χ1n) is 18.7. The summed E-state index contributed by atoms with van der Waals surface area (Å²) in [6.07, 6.45) is -0.292. The van der Waals surface area contributed by atoms with E-state index in [1.165, 1.54) is 17.0 Å². The number of rotatable bonds is 13. The van der Waals surface area contributed by atoms with Gasteiger partial charge in [-0.3, -0.25) is 29.4 Å². The number of hydrogen-bond donors (Lipinski definition) is 4. The van der Waals surface area contributed by atoms with Crippen LogP contribution < -0.4 is 26.6 Å². The van der Waals surface area contributed by atoms with Gasteiger partial charge in [-0.1, -0.05) is 17.7 Å². The van der Waals surface area contributed by atoms with E-state index in [0.717, 1.165) is 36.9 Å². The van der Waals surface area contributed by atoms with Crippen LogP contribution in [0.2, 0.25) is 5.02 Å². The van der Waals surface area contributed by atoms with Gasteiger partial charge in [-0.15, -0.1) is 0 Å². The van der Waals surface area contributed by atoms with Crippen molar-refractivity contribution in [2.45, 2.75) is 38.2 Å². The van der Waals surface area contributed by atoms with E-state index in [4.69, 9.17) is 26.8 Å². The number of anilines is 3. The number of alkyl halides is 2. The maximum absolute atomic E-state index is 13.4. The predicted octanol–water partition coefficient (Wildman–Crippen LogP) is 4.57. The molecule has 0 aliphatic carbocycles. The van der Waals surface area contributed by atoms with Crippen LogP contribution in [0.4, 0.5) is 40.7 Å². The molecule has 0 bridgehead atoms. The van der Waals surface area contributed by atoms with Crippen LogP contribution in [0.1, 0.15) is 52.0 Å². The number of imide groups is 2. The Balaban J connectivity index is 0.000000220. The average molecular weight is 827 g/mol. The molecular formula is C39H42ClF3N8O7. The Bertz CT molecular complexity index is 2080. The number of urea groups is 1. The zero-order valence-electron chi connectivity index (χ0n) is 31.3. The number of ether oxygens (including phenoxy) is 2. The summed E-state index contributed by atoms with van der Waals surface area (Å²) in [6, 6.07) is 12.4. The van der Waals surface area contributed by atoms with Crippen molar-refractivity contribution in [2.75, 3.05) is 69.4 Å². The number of benzene rings is 3. The number of fused-ring (bicyclic) bond motifs is 3. The number of hydrogen-bond acceptors (Lipinski definition) is 11. The highest BCUT2D eigenvalue weighted by Crippen LogP contribution is 2.40. The Morgan fingerprint density at radius 3 is 2.38 bits per heavy atom. The van der Waals surface area contributed by atoms with E-state index in [1.807, 2.05) is 0 Å². The fourth-order valence-electron chi connectivity index (χ4n) is 6.92. The second-order valence-corrected chi connectivity index (χ2v) is 14.0. The van der Waals surface area contributed by atoms with Gasteiger partial charge < -0.3 is 35.6 Å². The van der Waals surface area contributed by atoms with E-state index in [2.05, 4.69) is 20.9 Å². The van der Waals surface area contributed by atoms with Crippen LogP contribution >= 0.6 is 11.6 Å². The van der Waals surface area contributed by atoms with E-state index in [1.54, 1.807) is 41.3 Å². The predicted molar refractivity (Wildman–Crippen MR) is 209 cm³/mol. The zero-order chi connectivity index (χ0) is 41.3. The van der Waals surface area contributed by atoms with Crippen molar-refractivity contribution in [3.63, 3.8) is 0 Å². The molecule has 2 fully saturated rings. The average Bonchev–Trinajstić information content (AvgIpc) is 3.80. The quantitative estimate of drug-likeness (QED) is 0.141. The molecule has 0 aromatic heterocycles. The highest BCUT2D eigenvalue weighted by Gasteiger charge is 2.45. The summed E-state index contributed by atoms with van der Waals surface area (Å²) in [5, 5.41) is 8.54. The topological polar surface area (TPSA) is 188 Å². The third kappa shape index (κ3) is 9.86. The Morgan fingerprint density at radius 1 is 0.931 bits per heavy atom. The van der Waals surface area contributed by atoms with Gasteiger partial charge in [0.15, 0.2) is 0 Å². The van der Waals surface area contributed by atoms with Crippen LogP contribution in [-0.2, 0) is 19.1 Å². The van der Waals surface area contributed by atoms with E-state index in [-0.39, 0.29) is 41.5 Å². The molecule has 4 aliphatic rings. The molecule has 0 spiro atoms. The van der Waals surface area contributed by atoms with E-state index >= 15 is 0 Å². The lowest BCUT2D eigenvalue weighted by Gasteiger charge is -2.27. The van der Waals surface area contributed by atoms with Gasteiger partial charge in [-0.25, -0.2) is 23.0 Å². The maximum atomic E-state index is 13.4. The molecule has 2 saturated heterocycles. The largest absolute Gasteiger partial charge is 0.383 e. The number of amidine groups is 1. The first kappa shape index (κ1) is 41.9. The second kappa shape index (κ2) is 19.1. The molecule has 19 heteroatoms. The summed E-state index contributed by atoms with van der Waals surface area (Å²) in [5.74, 6) is -2.57. The number of nitrogens with one attached hydrogen (secondary N) is 3. The Hall–Kier alpha value is -5.72. The lowest BCUT2D eigenvalue weighted by atomic mass is 10.0. The van der Waals surface area contributed by atoms with Gasteiger partial charge in [0.2, 0.25) is 11.8 Å². The van der Waals surface area contributed by atoms with Gasteiger partial charge in [0.05, 0.1) is 61.2 Å². The lowest BCUT2D eigenvalue weighted by Crippen LogP contribution is -2.54. The highest BCUT2D eigenvalue weighted by molar-refractivity contribution is 6.31. The number of nitrogens with two attached hydrogens (primary N) is 1. The fourth-order valence-corrected chi connectivity index (χ4v) is 7.09. The van der Waals surface area contributed by atoms with Crippen LogP contribution in [0.5, 0.6) is 0 Å². The standard InChI is InChI=1S/C24H31N5O7.C15H11ClF3N3/c30-19-7-6-18(21(31)27-19)29-22(32)16-4-3-5-17(20(16)23(29)33)25-8-12-35-14-15-36-13-9-26-24(34)28-10-1-2-11-28;16-8-1-3-12-10(5-8)15(20)21-11-6-9(17)2-4-13(11)22(12)7-14(18)19/h3-5,18,25H,1-2,6-15H2,(H,26,34)(H,27,30,31);1-6,14H,7H2,(H2,20,21). The van der Waals surface area contributed by atoms with Gasteiger partial charge in [0, 0.05) is 54.9 Å². The second-order valence-electron chi connectivity index (χ2n) is 13.5. The summed E-state index contributed by atoms with van der Waals surface area (Å²) < 4.78 is 50.4. The van der Waals surface area contributed by atoms with Crippen LogP contribution in [0.3, 0.4) is 0 Å². The Kier molecular flexibility index (Phi) is 13.8. The van der Waals surface area contributed by atoms with E-state index < -0.39 is 48.5 Å². The minimum atomic E-state index is -2.58. The minimum absolute atomic E-state index is 0.0498. The van der Waals surface area contributed by atoms with Crippen molar-refractivity contribution in [3.05, 3.63) is 82.1 Å². The van der Waals surface area contributed by atoms with Gasteiger partial charge in [-0.05, 0) is 61.7 Å². The summed E-state index contributed by atoms with van der Waals surface area (Å²) in [6.45, 7) is 3.39. The van der Waals surface area contributed by atoms with Crippen LogP contribution in [0.25, 0.3) is 0 Å². The molecule has 5 N–H and O–H groups in total. The van der Waals surface area contributed by atoms with Crippen LogP contribution in [0.15, 0.2) is 59.6 Å². The summed E-state index contributed by atoms with van der Waals surface area (Å²) in [7, 11) is 0. The van der Waals surface area contributed by atoms with E-state index in [9.17, 15) is 37.1 Å². The number of halogens is 4. The number of carbonyl (C=O) groups excluding carboxylic acids is 5. The van der Waals surface area contributed by atoms with Crippen molar-refractivity contribution >= 4 is 69.8 Å². The molecule has 308 valence electrons. The number of piperidine rings is 1. The normalized spacial score (nSPS) is 17.2. The van der Waals surface area contributed by atoms with Crippen molar-refractivity contribution in [2.24, 2.45) is 10.7 Å². The van der Waals surface area contributed by atoms with Crippen molar-refractivity contribution < 1.29 is 46.6 Å². The van der Waals surface area contributed by atoms with Crippen molar-refractivity contribution in [1.82, 2.24) is 20.4 Å². The van der Waals surface area contributed by atoms with E-state index in [0.29, 0.717) is 67.2 Å². The summed E-state index contributed by atoms with van der Waals surface area (Å²) in [4.78, 5) is 69.7. The van der Waals surface area contributed by atoms with Gasteiger partial charge in [0.25, 0.3) is 18.2 Å². The van der Waals surface area contributed by atoms with Gasteiger partial charge in [0.1, 0.15) is 17.7 Å². The monoisotopic (exact) mass is 826 g/mol. The molecule has 3 aromatic rings. The van der Waals surface area contributed by atoms with Gasteiger partial charge >= 0.3 is 6.03 Å².